The molecule has 2 N–H and O–H groups in total. The van der Waals surface area contributed by atoms with Gasteiger partial charge in [-0.25, -0.2) is 4.79 Å². The first kappa shape index (κ1) is 13.3. The number of piperidine rings is 2. The van der Waals surface area contributed by atoms with Gasteiger partial charge in [-0.05, 0) is 38.1 Å². The molecule has 0 saturated carbocycles. The topological polar surface area (TPSA) is 69.6 Å². The molecule has 0 aromatic heterocycles. The van der Waals surface area contributed by atoms with Crippen LogP contribution in [0.4, 0.5) is 0 Å². The number of carboxylic acids is 1. The molecule has 0 radical (unpaired) electrons. The number of hydrogen-bond acceptors (Lipinski definition) is 3. The summed E-state index contributed by atoms with van der Waals surface area (Å²) >= 11 is 0. The zero-order chi connectivity index (χ0) is 13.1. The Labute approximate surface area is 108 Å². The number of carbonyl (C=O) groups is 2. The maximum absolute atomic E-state index is 12.4. The Hall–Kier alpha value is -1.10. The van der Waals surface area contributed by atoms with Crippen LogP contribution in [0.3, 0.4) is 0 Å². The van der Waals surface area contributed by atoms with Gasteiger partial charge in [0.1, 0.15) is 6.04 Å². The van der Waals surface area contributed by atoms with E-state index in [2.05, 4.69) is 5.32 Å². The summed E-state index contributed by atoms with van der Waals surface area (Å²) in [6, 6.07) is -0.631. The van der Waals surface area contributed by atoms with Gasteiger partial charge in [0.25, 0.3) is 0 Å². The third-order valence-electron chi connectivity index (χ3n) is 4.12. The van der Waals surface area contributed by atoms with Crippen molar-refractivity contribution in [3.8, 4) is 0 Å². The third kappa shape index (κ3) is 2.66. The molecular formula is C13H22N2O3. The van der Waals surface area contributed by atoms with Gasteiger partial charge in [-0.15, -0.1) is 0 Å². The number of nitrogens with zero attached hydrogens (tertiary/aromatic N) is 1. The molecule has 2 saturated heterocycles. The molecule has 18 heavy (non-hydrogen) atoms. The van der Waals surface area contributed by atoms with Crippen molar-refractivity contribution in [1.82, 2.24) is 10.2 Å². The van der Waals surface area contributed by atoms with Gasteiger partial charge in [0.05, 0.1) is 5.92 Å². The van der Waals surface area contributed by atoms with Crippen LogP contribution in [0.5, 0.6) is 0 Å². The van der Waals surface area contributed by atoms with Gasteiger partial charge in [-0.3, -0.25) is 4.79 Å². The van der Waals surface area contributed by atoms with Crippen LogP contribution in [-0.4, -0.2) is 47.6 Å². The molecule has 102 valence electrons. The smallest absolute Gasteiger partial charge is 0.326 e. The summed E-state index contributed by atoms with van der Waals surface area (Å²) in [5.41, 5.74) is 0. The fourth-order valence-corrected chi connectivity index (χ4v) is 3.11. The van der Waals surface area contributed by atoms with E-state index in [1.807, 2.05) is 6.92 Å². The van der Waals surface area contributed by atoms with Crippen molar-refractivity contribution in [2.45, 2.75) is 38.6 Å². The average molecular weight is 254 g/mol. The standard InChI is InChI=1S/C13H22N2O3/c1-9-4-3-7-15(11(9)13(17)18)12(16)10-5-2-6-14-8-10/h9-11,14H,2-8H2,1H3,(H,17,18)/t9?,10-,11?/m1/s1. The van der Waals surface area contributed by atoms with Crippen LogP contribution in [-0.2, 0) is 9.59 Å². The highest BCUT2D eigenvalue weighted by Crippen LogP contribution is 2.26. The van der Waals surface area contributed by atoms with E-state index in [0.717, 1.165) is 32.2 Å². The minimum atomic E-state index is -0.862. The maximum Gasteiger partial charge on any atom is 0.326 e. The predicted molar refractivity (Wildman–Crippen MR) is 67.1 cm³/mol. The van der Waals surface area contributed by atoms with Gasteiger partial charge in [0.2, 0.25) is 5.91 Å². The number of carbonyl (C=O) groups excluding carboxylic acids is 1. The van der Waals surface area contributed by atoms with E-state index in [-0.39, 0.29) is 17.7 Å². The number of likely N-dealkylation sites (tertiary alicyclic amines) is 1. The highest BCUT2D eigenvalue weighted by Gasteiger charge is 2.39. The highest BCUT2D eigenvalue weighted by atomic mass is 16.4. The van der Waals surface area contributed by atoms with Crippen LogP contribution in [0.25, 0.3) is 0 Å². The largest absolute Gasteiger partial charge is 0.480 e. The Morgan fingerprint density at radius 1 is 1.28 bits per heavy atom. The fraction of sp³-hybridized carbons (Fsp3) is 0.846. The third-order valence-corrected chi connectivity index (χ3v) is 4.12. The Bertz CT molecular complexity index is 326. The van der Waals surface area contributed by atoms with Gasteiger partial charge in [-0.2, -0.15) is 0 Å². The molecular weight excluding hydrogens is 232 g/mol. The molecule has 3 atom stereocenters. The average Bonchev–Trinajstić information content (AvgIpc) is 2.38. The number of hydrogen-bond donors (Lipinski definition) is 2. The number of carboxylic acid groups (broad SMARTS) is 1. The molecule has 2 fully saturated rings. The van der Waals surface area contributed by atoms with Crippen molar-refractivity contribution >= 4 is 11.9 Å². The molecule has 0 aliphatic carbocycles. The van der Waals surface area contributed by atoms with E-state index in [9.17, 15) is 14.7 Å². The van der Waals surface area contributed by atoms with Crippen LogP contribution < -0.4 is 5.32 Å². The normalized spacial score (nSPS) is 33.2. The Morgan fingerprint density at radius 2 is 2.06 bits per heavy atom. The summed E-state index contributed by atoms with van der Waals surface area (Å²) < 4.78 is 0. The van der Waals surface area contributed by atoms with E-state index in [0.29, 0.717) is 13.1 Å². The molecule has 0 spiro atoms. The Balaban J connectivity index is 2.08. The molecule has 0 aromatic rings. The van der Waals surface area contributed by atoms with E-state index in [4.69, 9.17) is 0 Å². The van der Waals surface area contributed by atoms with Crippen molar-refractivity contribution in [3.05, 3.63) is 0 Å². The number of amides is 1. The first-order chi connectivity index (χ1) is 8.61. The summed E-state index contributed by atoms with van der Waals surface area (Å²) in [4.78, 5) is 25.4. The molecule has 5 heteroatoms. The number of nitrogens with one attached hydrogen (secondary N) is 1. The van der Waals surface area contributed by atoms with E-state index in [1.165, 1.54) is 0 Å². The summed E-state index contributed by atoms with van der Waals surface area (Å²) in [6.45, 7) is 4.17. The van der Waals surface area contributed by atoms with Crippen molar-refractivity contribution in [2.24, 2.45) is 11.8 Å². The number of aliphatic carboxylic acids is 1. The second-order valence-corrected chi connectivity index (χ2v) is 5.48. The van der Waals surface area contributed by atoms with Crippen molar-refractivity contribution < 1.29 is 14.7 Å². The molecule has 2 aliphatic heterocycles. The van der Waals surface area contributed by atoms with Crippen LogP contribution in [0.1, 0.15) is 32.6 Å². The van der Waals surface area contributed by atoms with Crippen molar-refractivity contribution in [1.29, 1.82) is 0 Å². The lowest BCUT2D eigenvalue weighted by Crippen LogP contribution is -2.55. The second kappa shape index (κ2) is 5.69. The molecule has 2 aliphatic rings. The minimum Gasteiger partial charge on any atom is -0.480 e. The van der Waals surface area contributed by atoms with E-state index >= 15 is 0 Å². The van der Waals surface area contributed by atoms with Gasteiger partial charge in [0, 0.05) is 13.1 Å². The maximum atomic E-state index is 12.4. The summed E-state index contributed by atoms with van der Waals surface area (Å²) in [7, 11) is 0. The molecule has 2 rings (SSSR count). The zero-order valence-electron chi connectivity index (χ0n) is 10.9. The van der Waals surface area contributed by atoms with Crippen LogP contribution in [0, 0.1) is 11.8 Å². The van der Waals surface area contributed by atoms with Gasteiger partial charge < -0.3 is 15.3 Å². The quantitative estimate of drug-likeness (QED) is 0.761. The number of rotatable bonds is 2. The van der Waals surface area contributed by atoms with Crippen LogP contribution in [0.2, 0.25) is 0 Å². The zero-order valence-corrected chi connectivity index (χ0v) is 10.9. The van der Waals surface area contributed by atoms with Gasteiger partial charge >= 0.3 is 5.97 Å². The fourth-order valence-electron chi connectivity index (χ4n) is 3.11. The van der Waals surface area contributed by atoms with E-state index < -0.39 is 12.0 Å². The predicted octanol–water partition coefficient (Wildman–Crippen LogP) is 0.698. The molecule has 0 aromatic carbocycles. The first-order valence-electron chi connectivity index (χ1n) is 6.85. The van der Waals surface area contributed by atoms with Crippen molar-refractivity contribution in [3.63, 3.8) is 0 Å². The Kier molecular flexibility index (Phi) is 4.22. The highest BCUT2D eigenvalue weighted by molar-refractivity contribution is 5.85. The van der Waals surface area contributed by atoms with Crippen LogP contribution in [0.15, 0.2) is 0 Å². The van der Waals surface area contributed by atoms with Crippen LogP contribution >= 0.6 is 0 Å². The van der Waals surface area contributed by atoms with E-state index in [1.54, 1.807) is 4.90 Å². The monoisotopic (exact) mass is 254 g/mol. The molecule has 5 nitrogen and oxygen atoms in total. The Morgan fingerprint density at radius 3 is 2.67 bits per heavy atom. The van der Waals surface area contributed by atoms with Gasteiger partial charge in [0.15, 0.2) is 0 Å². The summed E-state index contributed by atoms with van der Waals surface area (Å²) in [5, 5.41) is 12.5. The lowest BCUT2D eigenvalue weighted by molar-refractivity contribution is -0.156. The second-order valence-electron chi connectivity index (χ2n) is 5.48. The molecule has 2 unspecified atom stereocenters. The molecule has 2 heterocycles. The summed E-state index contributed by atoms with van der Waals surface area (Å²) in [5.74, 6) is -0.817. The van der Waals surface area contributed by atoms with Crippen molar-refractivity contribution in [2.75, 3.05) is 19.6 Å². The molecule has 0 bridgehead atoms. The lowest BCUT2D eigenvalue weighted by atomic mass is 9.88. The summed E-state index contributed by atoms with van der Waals surface area (Å²) in [6.07, 6.45) is 3.68. The lowest BCUT2D eigenvalue weighted by Gasteiger charge is -2.39. The minimum absolute atomic E-state index is 0.0288. The van der Waals surface area contributed by atoms with Gasteiger partial charge in [-0.1, -0.05) is 6.92 Å². The molecule has 1 amide bonds. The first-order valence-corrected chi connectivity index (χ1v) is 6.85. The SMILES string of the molecule is CC1CCCN(C(=O)[C@@H]2CCCNC2)C1C(=O)O.